The average Bonchev–Trinajstić information content (AvgIpc) is 3.27. The summed E-state index contributed by atoms with van der Waals surface area (Å²) in [6, 6.07) is 11.7. The van der Waals surface area contributed by atoms with Gasteiger partial charge in [-0.25, -0.2) is 9.97 Å². The SMILES string of the molecule is N#Cc1cc(Nc2nc(C3CC3)cs2)nc2ccccc12. The smallest absolute Gasteiger partial charge is 0.188 e. The van der Waals surface area contributed by atoms with Crippen LogP contribution in [0.5, 0.6) is 0 Å². The molecule has 0 unspecified atom stereocenters. The van der Waals surface area contributed by atoms with Gasteiger partial charge in [-0.2, -0.15) is 5.26 Å². The van der Waals surface area contributed by atoms with Gasteiger partial charge in [0.25, 0.3) is 0 Å². The molecule has 0 aliphatic heterocycles. The largest absolute Gasteiger partial charge is 0.316 e. The van der Waals surface area contributed by atoms with Crippen molar-refractivity contribution in [2.45, 2.75) is 18.8 Å². The van der Waals surface area contributed by atoms with Crippen LogP contribution in [0.25, 0.3) is 10.9 Å². The van der Waals surface area contributed by atoms with Crippen molar-refractivity contribution < 1.29 is 0 Å². The third-order valence-corrected chi connectivity index (χ3v) is 4.37. The Morgan fingerprint density at radius 1 is 1.24 bits per heavy atom. The topological polar surface area (TPSA) is 61.6 Å². The molecule has 1 aliphatic rings. The zero-order valence-corrected chi connectivity index (χ0v) is 12.0. The Labute approximate surface area is 126 Å². The van der Waals surface area contributed by atoms with E-state index < -0.39 is 0 Å². The molecule has 1 N–H and O–H groups in total. The predicted molar refractivity (Wildman–Crippen MR) is 83.8 cm³/mol. The Bertz CT molecular complexity index is 858. The summed E-state index contributed by atoms with van der Waals surface area (Å²) in [6.07, 6.45) is 2.49. The fourth-order valence-corrected chi connectivity index (χ4v) is 3.15. The third-order valence-electron chi connectivity index (χ3n) is 3.59. The maximum absolute atomic E-state index is 9.29. The lowest BCUT2D eigenvalue weighted by Crippen LogP contribution is -1.95. The van der Waals surface area contributed by atoms with E-state index in [2.05, 4.69) is 26.7 Å². The molecule has 5 heteroatoms. The van der Waals surface area contributed by atoms with Gasteiger partial charge in [-0.05, 0) is 25.0 Å². The minimum atomic E-state index is 0.627. The molecule has 21 heavy (non-hydrogen) atoms. The molecule has 3 aromatic rings. The minimum Gasteiger partial charge on any atom is -0.316 e. The number of nitriles is 1. The zero-order valence-electron chi connectivity index (χ0n) is 11.2. The van der Waals surface area contributed by atoms with E-state index in [-0.39, 0.29) is 0 Å². The van der Waals surface area contributed by atoms with Crippen molar-refractivity contribution in [1.29, 1.82) is 5.26 Å². The van der Waals surface area contributed by atoms with Crippen LogP contribution in [0.3, 0.4) is 0 Å². The van der Waals surface area contributed by atoms with Crippen LogP contribution < -0.4 is 5.32 Å². The van der Waals surface area contributed by atoms with Gasteiger partial charge in [-0.1, -0.05) is 18.2 Å². The summed E-state index contributed by atoms with van der Waals surface area (Å²) in [5.74, 6) is 1.32. The quantitative estimate of drug-likeness (QED) is 0.786. The summed E-state index contributed by atoms with van der Waals surface area (Å²) in [5, 5.41) is 16.3. The van der Waals surface area contributed by atoms with E-state index in [1.807, 2.05) is 24.3 Å². The van der Waals surface area contributed by atoms with E-state index in [9.17, 15) is 5.26 Å². The first-order valence-corrected chi connectivity index (χ1v) is 7.74. The number of benzene rings is 1. The first-order chi connectivity index (χ1) is 10.3. The summed E-state index contributed by atoms with van der Waals surface area (Å²) in [4.78, 5) is 9.14. The number of anilines is 2. The molecule has 0 amide bonds. The molecule has 0 atom stereocenters. The lowest BCUT2D eigenvalue weighted by Gasteiger charge is -2.05. The molecule has 0 radical (unpaired) electrons. The van der Waals surface area contributed by atoms with Gasteiger partial charge in [0.2, 0.25) is 0 Å². The summed E-state index contributed by atoms with van der Waals surface area (Å²) in [6.45, 7) is 0. The number of para-hydroxylation sites is 1. The van der Waals surface area contributed by atoms with Crippen LogP contribution in [0.2, 0.25) is 0 Å². The van der Waals surface area contributed by atoms with Gasteiger partial charge >= 0.3 is 0 Å². The minimum absolute atomic E-state index is 0.627. The van der Waals surface area contributed by atoms with Crippen molar-refractivity contribution >= 4 is 33.2 Å². The second-order valence-corrected chi connectivity index (χ2v) is 6.02. The van der Waals surface area contributed by atoms with Crippen molar-refractivity contribution in [2.75, 3.05) is 5.32 Å². The number of rotatable bonds is 3. The molecular formula is C16H12N4S. The summed E-state index contributed by atoms with van der Waals surface area (Å²) in [7, 11) is 0. The Hall–Kier alpha value is -2.45. The molecule has 2 heterocycles. The van der Waals surface area contributed by atoms with Crippen molar-refractivity contribution in [3.05, 3.63) is 47.0 Å². The van der Waals surface area contributed by atoms with Crippen LogP contribution in [0, 0.1) is 11.3 Å². The Balaban J connectivity index is 1.70. The molecule has 1 fully saturated rings. The molecule has 0 bridgehead atoms. The summed E-state index contributed by atoms with van der Waals surface area (Å²) >= 11 is 1.59. The van der Waals surface area contributed by atoms with E-state index in [0.29, 0.717) is 17.3 Å². The molecule has 4 nitrogen and oxygen atoms in total. The van der Waals surface area contributed by atoms with E-state index in [0.717, 1.165) is 16.0 Å². The van der Waals surface area contributed by atoms with Gasteiger partial charge in [0.15, 0.2) is 5.13 Å². The second-order valence-electron chi connectivity index (χ2n) is 5.16. The molecule has 1 aliphatic carbocycles. The van der Waals surface area contributed by atoms with Crippen LogP contribution in [-0.4, -0.2) is 9.97 Å². The first kappa shape index (κ1) is 12.3. The molecular weight excluding hydrogens is 280 g/mol. The van der Waals surface area contributed by atoms with E-state index >= 15 is 0 Å². The van der Waals surface area contributed by atoms with Gasteiger partial charge in [0.1, 0.15) is 5.82 Å². The molecule has 1 aromatic carbocycles. The fraction of sp³-hybridized carbons (Fsp3) is 0.188. The number of nitrogens with one attached hydrogen (secondary N) is 1. The fourth-order valence-electron chi connectivity index (χ4n) is 2.35. The van der Waals surface area contributed by atoms with Crippen molar-refractivity contribution in [3.8, 4) is 6.07 Å². The second kappa shape index (κ2) is 4.83. The van der Waals surface area contributed by atoms with Crippen LogP contribution >= 0.6 is 11.3 Å². The molecule has 2 aromatic heterocycles. The van der Waals surface area contributed by atoms with Gasteiger partial charge < -0.3 is 5.32 Å². The zero-order chi connectivity index (χ0) is 14.2. The number of fused-ring (bicyclic) bond motifs is 1. The standard InChI is InChI=1S/C16H12N4S/c17-8-11-7-15(18-13-4-2-1-3-12(11)13)20-16-19-14(9-21-16)10-5-6-10/h1-4,7,9-10H,5-6H2,(H,18,19,20). The van der Waals surface area contributed by atoms with Gasteiger partial charge in [-0.15, -0.1) is 11.3 Å². The van der Waals surface area contributed by atoms with Gasteiger partial charge in [-0.3, -0.25) is 0 Å². The van der Waals surface area contributed by atoms with E-state index in [1.165, 1.54) is 18.5 Å². The molecule has 0 spiro atoms. The van der Waals surface area contributed by atoms with Crippen molar-refractivity contribution in [3.63, 3.8) is 0 Å². The maximum atomic E-state index is 9.29. The van der Waals surface area contributed by atoms with Gasteiger partial charge in [0, 0.05) is 16.7 Å². The molecule has 1 saturated carbocycles. The maximum Gasteiger partial charge on any atom is 0.188 e. The highest BCUT2D eigenvalue weighted by Crippen LogP contribution is 2.41. The molecule has 0 saturated heterocycles. The number of nitrogens with zero attached hydrogens (tertiary/aromatic N) is 3. The average molecular weight is 292 g/mol. The van der Waals surface area contributed by atoms with Crippen LogP contribution in [-0.2, 0) is 0 Å². The van der Waals surface area contributed by atoms with Crippen LogP contribution in [0.1, 0.15) is 30.0 Å². The number of pyridine rings is 1. The molecule has 4 rings (SSSR count). The lowest BCUT2D eigenvalue weighted by atomic mass is 10.1. The van der Waals surface area contributed by atoms with E-state index in [4.69, 9.17) is 0 Å². The van der Waals surface area contributed by atoms with Crippen molar-refractivity contribution in [2.24, 2.45) is 0 Å². The number of hydrogen-bond acceptors (Lipinski definition) is 5. The normalized spacial score (nSPS) is 14.0. The third kappa shape index (κ3) is 2.34. The Morgan fingerprint density at radius 3 is 2.90 bits per heavy atom. The Kier molecular flexibility index (Phi) is 2.83. The van der Waals surface area contributed by atoms with E-state index in [1.54, 1.807) is 17.4 Å². The Morgan fingerprint density at radius 2 is 2.10 bits per heavy atom. The van der Waals surface area contributed by atoms with Crippen LogP contribution in [0.4, 0.5) is 10.9 Å². The monoisotopic (exact) mass is 292 g/mol. The highest BCUT2D eigenvalue weighted by atomic mass is 32.1. The highest BCUT2D eigenvalue weighted by molar-refractivity contribution is 7.13. The van der Waals surface area contributed by atoms with Crippen LogP contribution in [0.15, 0.2) is 35.7 Å². The predicted octanol–water partition coefficient (Wildman–Crippen LogP) is 4.18. The highest BCUT2D eigenvalue weighted by Gasteiger charge is 2.26. The number of hydrogen-bond donors (Lipinski definition) is 1. The van der Waals surface area contributed by atoms with Gasteiger partial charge in [0.05, 0.1) is 22.8 Å². The van der Waals surface area contributed by atoms with Crippen molar-refractivity contribution in [1.82, 2.24) is 9.97 Å². The number of aromatic nitrogens is 2. The lowest BCUT2D eigenvalue weighted by molar-refractivity contribution is 1.05. The number of thiazole rings is 1. The first-order valence-electron chi connectivity index (χ1n) is 6.86. The molecule has 102 valence electrons. The summed E-state index contributed by atoms with van der Waals surface area (Å²) in [5.41, 5.74) is 2.61. The summed E-state index contributed by atoms with van der Waals surface area (Å²) < 4.78 is 0.